The maximum atomic E-state index is 10.7. The van der Waals surface area contributed by atoms with Crippen LogP contribution in [0.15, 0.2) is 48.5 Å². The van der Waals surface area contributed by atoms with E-state index in [1.54, 1.807) is 18.2 Å². The van der Waals surface area contributed by atoms with Gasteiger partial charge in [0.2, 0.25) is 0 Å². The van der Waals surface area contributed by atoms with Gasteiger partial charge >= 0.3 is 0 Å². The Hall–Kier alpha value is -2.50. The van der Waals surface area contributed by atoms with Crippen LogP contribution < -0.4 is 4.74 Å². The number of rotatable bonds is 6. The van der Waals surface area contributed by atoms with Crippen molar-refractivity contribution in [2.75, 3.05) is 6.61 Å². The zero-order chi connectivity index (χ0) is 18.2. The van der Waals surface area contributed by atoms with E-state index in [0.29, 0.717) is 23.5 Å². The predicted molar refractivity (Wildman–Crippen MR) is 100 cm³/mol. The van der Waals surface area contributed by atoms with Gasteiger partial charge in [-0.3, -0.25) is 4.79 Å². The fraction of sp³-hybridized carbons (Fsp3) is 0.300. The van der Waals surface area contributed by atoms with Gasteiger partial charge in [-0.1, -0.05) is 50.6 Å². The minimum atomic E-state index is -0.137. The van der Waals surface area contributed by atoms with E-state index >= 15 is 0 Å². The Bertz CT molecular complexity index is 570. The lowest BCUT2D eigenvalue weighted by molar-refractivity contribution is -0.0980. The van der Waals surface area contributed by atoms with Gasteiger partial charge in [-0.25, -0.2) is 0 Å². The number of hydrogen-bond donors (Lipinski definition) is 1. The normalized spacial score (nSPS) is 8.60. The van der Waals surface area contributed by atoms with Gasteiger partial charge in [-0.05, 0) is 23.8 Å². The molecular formula is C20H28O5. The van der Waals surface area contributed by atoms with Gasteiger partial charge < -0.3 is 20.1 Å². The number of aliphatic hydroxyl groups excluding tert-OH is 1. The summed E-state index contributed by atoms with van der Waals surface area (Å²) in [4.78, 5) is 18.7. The molecule has 2 aromatic rings. The third kappa shape index (κ3) is 10.1. The molecule has 5 nitrogen and oxygen atoms in total. The second kappa shape index (κ2) is 16.4. The number of benzene rings is 2. The zero-order valence-electron chi connectivity index (χ0n) is 14.9. The van der Waals surface area contributed by atoms with Crippen LogP contribution in [0.5, 0.6) is 5.75 Å². The van der Waals surface area contributed by atoms with Crippen molar-refractivity contribution in [1.82, 2.24) is 0 Å². The molecule has 2 rings (SSSR count). The van der Waals surface area contributed by atoms with Crippen LogP contribution in [0.2, 0.25) is 0 Å². The number of carbonyl (C=O) groups is 2. The maximum absolute atomic E-state index is 10.7. The molecule has 0 fully saturated rings. The topological polar surface area (TPSA) is 95.1 Å². The molecule has 0 saturated carbocycles. The van der Waals surface area contributed by atoms with Crippen LogP contribution in [0, 0.1) is 0 Å². The third-order valence-electron chi connectivity index (χ3n) is 2.88. The van der Waals surface area contributed by atoms with E-state index < -0.39 is 0 Å². The molecular weight excluding hydrogens is 320 g/mol. The van der Waals surface area contributed by atoms with Gasteiger partial charge in [-0.2, -0.15) is 0 Å². The molecule has 0 aliphatic rings. The minimum Gasteiger partial charge on any atom is -0.493 e. The third-order valence-corrected chi connectivity index (χ3v) is 2.88. The summed E-state index contributed by atoms with van der Waals surface area (Å²) < 4.78 is 5.66. The number of hydrogen-bond acceptors (Lipinski definition) is 4. The summed E-state index contributed by atoms with van der Waals surface area (Å²) in [5.41, 5.74) is 2.38. The lowest BCUT2D eigenvalue weighted by Gasteiger charge is -2.10. The Kier molecular flexibility index (Phi) is 16.2. The minimum absolute atomic E-state index is 0. The van der Waals surface area contributed by atoms with Crippen molar-refractivity contribution in [3.8, 4) is 5.75 Å². The molecule has 0 heterocycles. The van der Waals surface area contributed by atoms with Crippen molar-refractivity contribution in [3.63, 3.8) is 0 Å². The largest absolute Gasteiger partial charge is 0.493 e. The van der Waals surface area contributed by atoms with Gasteiger partial charge in [0.15, 0.2) is 0 Å². The number of aldehydes is 1. The molecule has 2 aromatic carbocycles. The summed E-state index contributed by atoms with van der Waals surface area (Å²) in [5.74, 6) is 0.629. The number of ether oxygens (including phenoxy) is 1. The molecule has 0 atom stereocenters. The van der Waals surface area contributed by atoms with Crippen LogP contribution in [0.1, 0.15) is 41.8 Å². The van der Waals surface area contributed by atoms with E-state index in [1.807, 2.05) is 37.1 Å². The molecule has 3 N–H and O–H groups in total. The smallest absolute Gasteiger partial charge is 0.150 e. The van der Waals surface area contributed by atoms with Gasteiger partial charge in [-0.15, -0.1) is 0 Å². The van der Waals surface area contributed by atoms with Crippen molar-refractivity contribution in [2.45, 2.75) is 33.3 Å². The van der Waals surface area contributed by atoms with Crippen LogP contribution in [0.25, 0.3) is 0 Å². The van der Waals surface area contributed by atoms with E-state index in [1.165, 1.54) is 12.0 Å². The zero-order valence-corrected chi connectivity index (χ0v) is 14.9. The van der Waals surface area contributed by atoms with Crippen LogP contribution in [0.4, 0.5) is 0 Å². The molecule has 0 spiro atoms. The summed E-state index contributed by atoms with van der Waals surface area (Å²) in [6.07, 6.45) is 2.81. The van der Waals surface area contributed by atoms with Crippen molar-refractivity contribution in [1.29, 1.82) is 0 Å². The molecule has 138 valence electrons. The average Bonchev–Trinajstić information content (AvgIpc) is 2.65. The molecule has 0 amide bonds. The van der Waals surface area contributed by atoms with Gasteiger partial charge in [0.25, 0.3) is 0 Å². The molecule has 0 aliphatic heterocycles. The van der Waals surface area contributed by atoms with Gasteiger partial charge in [0.05, 0.1) is 13.2 Å². The van der Waals surface area contributed by atoms with Crippen molar-refractivity contribution < 1.29 is 24.9 Å². The highest BCUT2D eigenvalue weighted by molar-refractivity contribution is 5.75. The highest BCUT2D eigenvalue weighted by Gasteiger charge is 2.04. The fourth-order valence-electron chi connectivity index (χ4n) is 1.86. The first-order valence-electron chi connectivity index (χ1n) is 7.89. The Morgan fingerprint density at radius 2 is 1.68 bits per heavy atom. The summed E-state index contributed by atoms with van der Waals surface area (Å²) in [5, 5.41) is 9.26. The Balaban J connectivity index is 0. The lowest BCUT2D eigenvalue weighted by atomic mass is 10.1. The van der Waals surface area contributed by atoms with Gasteiger partial charge in [0.1, 0.15) is 18.8 Å². The van der Waals surface area contributed by atoms with Gasteiger partial charge in [0, 0.05) is 17.5 Å². The van der Waals surface area contributed by atoms with Crippen molar-refractivity contribution >= 4 is 13.1 Å². The Morgan fingerprint density at radius 3 is 2.20 bits per heavy atom. The first kappa shape index (κ1) is 24.7. The van der Waals surface area contributed by atoms with Crippen molar-refractivity contribution in [3.05, 3.63) is 65.2 Å². The van der Waals surface area contributed by atoms with E-state index in [4.69, 9.17) is 9.53 Å². The highest BCUT2D eigenvalue weighted by atomic mass is 16.5. The first-order chi connectivity index (χ1) is 11.7. The molecule has 25 heavy (non-hydrogen) atoms. The fourth-order valence-corrected chi connectivity index (χ4v) is 1.86. The lowest BCUT2D eigenvalue weighted by Crippen LogP contribution is -2.04. The summed E-state index contributed by atoms with van der Waals surface area (Å²) in [7, 11) is 0. The van der Waals surface area contributed by atoms with E-state index in [9.17, 15) is 9.90 Å². The van der Waals surface area contributed by atoms with E-state index in [0.717, 1.165) is 12.7 Å². The standard InChI is InChI=1S/C16H16O3.C3H8.CH2O.H2O/c17-11-14-6-7-16(15(10-14)12-18)19-9-8-13-4-2-1-3-5-13;1-3-2;1-2;/h1-7,10-11,18H,8-9,12H2;3H2,1-2H3;1H2;1H2. The SMILES string of the molecule is C=O.CCC.O.O=Cc1ccc(OCCc2ccccc2)c(CO)c1. The summed E-state index contributed by atoms with van der Waals surface area (Å²) >= 11 is 0. The average molecular weight is 348 g/mol. The quantitative estimate of drug-likeness (QED) is 0.812. The number of aliphatic hydroxyl groups is 1. The molecule has 0 aliphatic carbocycles. The molecule has 0 aromatic heterocycles. The number of carbonyl (C=O) groups excluding carboxylic acids is 2. The van der Waals surface area contributed by atoms with E-state index in [-0.39, 0.29) is 12.1 Å². The van der Waals surface area contributed by atoms with Crippen LogP contribution >= 0.6 is 0 Å². The maximum Gasteiger partial charge on any atom is 0.150 e. The van der Waals surface area contributed by atoms with E-state index in [2.05, 4.69) is 13.8 Å². The second-order valence-corrected chi connectivity index (χ2v) is 4.93. The Morgan fingerprint density at radius 1 is 1.08 bits per heavy atom. The second-order valence-electron chi connectivity index (χ2n) is 4.93. The molecule has 0 radical (unpaired) electrons. The molecule has 0 bridgehead atoms. The monoisotopic (exact) mass is 348 g/mol. The predicted octanol–water partition coefficient (Wildman–Crippen LogP) is 3.02. The Labute approximate surface area is 149 Å². The van der Waals surface area contributed by atoms with Crippen molar-refractivity contribution in [2.24, 2.45) is 0 Å². The van der Waals surface area contributed by atoms with Crippen LogP contribution in [-0.2, 0) is 17.8 Å². The molecule has 5 heteroatoms. The highest BCUT2D eigenvalue weighted by Crippen LogP contribution is 2.20. The van der Waals surface area contributed by atoms with Crippen LogP contribution in [0.3, 0.4) is 0 Å². The summed E-state index contributed by atoms with van der Waals surface area (Å²) in [6.45, 7) is 6.65. The van der Waals surface area contributed by atoms with Crippen LogP contribution in [-0.4, -0.2) is 30.3 Å². The molecule has 0 unspecified atom stereocenters. The first-order valence-corrected chi connectivity index (χ1v) is 7.89. The molecule has 0 saturated heterocycles. The summed E-state index contributed by atoms with van der Waals surface area (Å²) in [6, 6.07) is 15.1.